The van der Waals surface area contributed by atoms with Crippen LogP contribution in [0.1, 0.15) is 44.5 Å². The van der Waals surface area contributed by atoms with Crippen molar-refractivity contribution in [2.75, 3.05) is 24.6 Å². The highest BCUT2D eigenvalue weighted by atomic mass is 32.2. The second kappa shape index (κ2) is 12.6. The van der Waals surface area contributed by atoms with E-state index in [9.17, 15) is 18.0 Å². The highest BCUT2D eigenvalue weighted by Crippen LogP contribution is 2.31. The van der Waals surface area contributed by atoms with Crippen LogP contribution in [0.3, 0.4) is 0 Å². The zero-order valence-electron chi connectivity index (χ0n) is 24.1. The summed E-state index contributed by atoms with van der Waals surface area (Å²) in [7, 11) is -3.31. The molecule has 4 aromatic rings. The molecule has 42 heavy (non-hydrogen) atoms. The van der Waals surface area contributed by atoms with E-state index in [-0.39, 0.29) is 16.6 Å². The van der Waals surface area contributed by atoms with Crippen molar-refractivity contribution in [3.63, 3.8) is 0 Å². The summed E-state index contributed by atoms with van der Waals surface area (Å²) < 4.78 is 29.6. The minimum atomic E-state index is -3.31. The molecule has 0 aliphatic rings. The zero-order chi connectivity index (χ0) is 30.5. The first-order chi connectivity index (χ1) is 19.9. The van der Waals surface area contributed by atoms with Crippen LogP contribution in [0.2, 0.25) is 0 Å². The first-order valence-electron chi connectivity index (χ1n) is 13.6. The molecule has 0 fully saturated rings. The molecule has 0 atom stereocenters. The zero-order valence-corrected chi connectivity index (χ0v) is 24.9. The maximum absolute atomic E-state index is 12.7. The van der Waals surface area contributed by atoms with E-state index in [0.717, 1.165) is 22.1 Å². The number of nitrogen functional groups attached to an aromatic ring is 1. The van der Waals surface area contributed by atoms with E-state index in [2.05, 4.69) is 20.6 Å². The van der Waals surface area contributed by atoms with Crippen molar-refractivity contribution in [2.45, 2.75) is 44.6 Å². The number of benzene rings is 2. The van der Waals surface area contributed by atoms with Crippen LogP contribution in [0.5, 0.6) is 0 Å². The molecule has 0 radical (unpaired) electrons. The number of sulfone groups is 1. The van der Waals surface area contributed by atoms with Gasteiger partial charge < -0.3 is 21.1 Å². The van der Waals surface area contributed by atoms with Gasteiger partial charge in [-0.1, -0.05) is 25.1 Å². The molecule has 4 rings (SSSR count). The van der Waals surface area contributed by atoms with Crippen molar-refractivity contribution in [3.05, 3.63) is 72.6 Å². The number of ether oxygens (including phenoxy) is 1. The van der Waals surface area contributed by atoms with Crippen molar-refractivity contribution in [1.82, 2.24) is 20.6 Å². The SMILES string of the molecule is CCS(=O)(=O)c1ccc(-c2cc3cc(-c4cncc(C(=O)NCCCNC(=O)OC(C)(C)C)c4)ccc3nc2N)cc1. The van der Waals surface area contributed by atoms with Gasteiger partial charge in [-0.25, -0.2) is 18.2 Å². The summed E-state index contributed by atoms with van der Waals surface area (Å²) in [5.41, 5.74) is 9.83. The molecule has 0 unspecified atom stereocenters. The summed E-state index contributed by atoms with van der Waals surface area (Å²) >= 11 is 0. The van der Waals surface area contributed by atoms with Gasteiger partial charge in [-0.15, -0.1) is 0 Å². The van der Waals surface area contributed by atoms with Crippen molar-refractivity contribution in [3.8, 4) is 22.3 Å². The molecule has 0 aliphatic heterocycles. The Labute approximate surface area is 245 Å². The number of fused-ring (bicyclic) bond motifs is 1. The van der Waals surface area contributed by atoms with Gasteiger partial charge in [0.25, 0.3) is 5.91 Å². The number of carbonyl (C=O) groups excluding carboxylic acids is 2. The summed E-state index contributed by atoms with van der Waals surface area (Å²) in [5, 5.41) is 6.34. The van der Waals surface area contributed by atoms with Gasteiger partial charge in [0.2, 0.25) is 0 Å². The van der Waals surface area contributed by atoms with Crippen LogP contribution in [-0.2, 0) is 14.6 Å². The second-order valence-electron chi connectivity index (χ2n) is 10.8. The van der Waals surface area contributed by atoms with Gasteiger partial charge >= 0.3 is 6.09 Å². The molecule has 0 saturated carbocycles. The molecule has 0 aliphatic carbocycles. The molecule has 2 aromatic carbocycles. The number of nitrogens with zero attached hydrogens (tertiary/aromatic N) is 2. The molecular weight excluding hydrogens is 554 g/mol. The maximum Gasteiger partial charge on any atom is 0.407 e. The van der Waals surface area contributed by atoms with Crippen LogP contribution < -0.4 is 16.4 Å². The lowest BCUT2D eigenvalue weighted by atomic mass is 10.0. The Morgan fingerprint density at radius 2 is 1.60 bits per heavy atom. The van der Waals surface area contributed by atoms with Gasteiger partial charge in [-0.2, -0.15) is 0 Å². The number of aromatic nitrogens is 2. The molecule has 11 heteroatoms. The van der Waals surface area contributed by atoms with E-state index < -0.39 is 21.5 Å². The quantitative estimate of drug-likeness (QED) is 0.231. The van der Waals surface area contributed by atoms with Crippen LogP contribution in [0.25, 0.3) is 33.2 Å². The Hall–Kier alpha value is -4.51. The third kappa shape index (κ3) is 7.61. The molecule has 4 N–H and O–H groups in total. The lowest BCUT2D eigenvalue weighted by molar-refractivity contribution is 0.0527. The van der Waals surface area contributed by atoms with Crippen molar-refractivity contribution < 1.29 is 22.7 Å². The van der Waals surface area contributed by atoms with E-state index in [0.29, 0.717) is 42.0 Å². The van der Waals surface area contributed by atoms with Gasteiger partial charge in [0.05, 0.1) is 21.7 Å². The molecular formula is C31H35N5O5S. The largest absolute Gasteiger partial charge is 0.444 e. The Morgan fingerprint density at radius 1 is 0.905 bits per heavy atom. The monoisotopic (exact) mass is 589 g/mol. The number of carbonyl (C=O) groups is 2. The Kier molecular flexibility index (Phi) is 9.11. The average molecular weight is 590 g/mol. The average Bonchev–Trinajstić information content (AvgIpc) is 2.95. The summed E-state index contributed by atoms with van der Waals surface area (Å²) in [6.45, 7) is 7.73. The van der Waals surface area contributed by atoms with Crippen LogP contribution in [0, 0.1) is 0 Å². The highest BCUT2D eigenvalue weighted by molar-refractivity contribution is 7.91. The fourth-order valence-electron chi connectivity index (χ4n) is 4.23. The van der Waals surface area contributed by atoms with Crippen molar-refractivity contribution in [1.29, 1.82) is 0 Å². The number of hydrogen-bond acceptors (Lipinski definition) is 8. The molecule has 0 saturated heterocycles. The number of nitrogens with one attached hydrogen (secondary N) is 2. The van der Waals surface area contributed by atoms with E-state index >= 15 is 0 Å². The number of amides is 2. The molecule has 220 valence electrons. The molecule has 10 nitrogen and oxygen atoms in total. The number of hydrogen-bond donors (Lipinski definition) is 3. The third-order valence-corrected chi connectivity index (χ3v) is 8.14. The molecule has 0 bridgehead atoms. The molecule has 0 spiro atoms. The first-order valence-corrected chi connectivity index (χ1v) is 15.3. The lowest BCUT2D eigenvalue weighted by Crippen LogP contribution is -2.34. The number of alkyl carbamates (subject to hydrolysis) is 1. The highest BCUT2D eigenvalue weighted by Gasteiger charge is 2.16. The molecule has 2 aromatic heterocycles. The van der Waals surface area contributed by atoms with Crippen molar-refractivity contribution >= 4 is 38.6 Å². The van der Waals surface area contributed by atoms with Crippen LogP contribution >= 0.6 is 0 Å². The lowest BCUT2D eigenvalue weighted by Gasteiger charge is -2.19. The minimum Gasteiger partial charge on any atom is -0.444 e. The predicted octanol–water partition coefficient (Wildman–Crippen LogP) is 4.98. The fourth-order valence-corrected chi connectivity index (χ4v) is 5.11. The van der Waals surface area contributed by atoms with Gasteiger partial charge in [0.15, 0.2) is 9.84 Å². The normalized spacial score (nSPS) is 11.7. The standard InChI is InChI=1S/C31H35N5O5S/c1-5-42(39,40)25-10-7-20(8-11-25)26-17-22-15-21(9-12-27(22)36-28(26)32)23-16-24(19-33-18-23)29(37)34-13-6-14-35-30(38)41-31(2,3)4/h7-12,15-19H,5-6,13-14H2,1-4H3,(H2,32,36)(H,34,37)(H,35,38). The van der Waals surface area contributed by atoms with E-state index in [1.807, 2.05) is 24.3 Å². The van der Waals surface area contributed by atoms with Gasteiger partial charge in [0, 0.05) is 42.0 Å². The Bertz CT molecular complexity index is 1710. The Balaban J connectivity index is 1.47. The topological polar surface area (TPSA) is 153 Å². The third-order valence-electron chi connectivity index (χ3n) is 6.39. The number of nitrogens with two attached hydrogens (primary N) is 1. The predicted molar refractivity (Wildman–Crippen MR) is 164 cm³/mol. The maximum atomic E-state index is 12.7. The van der Waals surface area contributed by atoms with E-state index in [4.69, 9.17) is 10.5 Å². The fraction of sp³-hybridized carbons (Fsp3) is 0.290. The van der Waals surface area contributed by atoms with E-state index in [1.54, 1.807) is 64.2 Å². The van der Waals surface area contributed by atoms with Gasteiger partial charge in [-0.3, -0.25) is 9.78 Å². The first kappa shape index (κ1) is 30.4. The summed E-state index contributed by atoms with van der Waals surface area (Å²) in [6.07, 6.45) is 3.23. The van der Waals surface area contributed by atoms with Crippen molar-refractivity contribution in [2.24, 2.45) is 0 Å². The number of anilines is 1. The van der Waals surface area contributed by atoms with Gasteiger partial charge in [0.1, 0.15) is 11.4 Å². The molecule has 2 heterocycles. The summed E-state index contributed by atoms with van der Waals surface area (Å²) in [5.74, 6) is 0.0930. The molecule has 2 amide bonds. The number of pyridine rings is 2. The Morgan fingerprint density at radius 3 is 2.29 bits per heavy atom. The van der Waals surface area contributed by atoms with Gasteiger partial charge in [-0.05, 0) is 74.7 Å². The van der Waals surface area contributed by atoms with Crippen LogP contribution in [0.15, 0.2) is 71.9 Å². The minimum absolute atomic E-state index is 0.0276. The summed E-state index contributed by atoms with van der Waals surface area (Å²) in [6, 6.07) is 16.0. The van der Waals surface area contributed by atoms with Crippen LogP contribution in [0.4, 0.5) is 10.6 Å². The summed E-state index contributed by atoms with van der Waals surface area (Å²) in [4.78, 5) is 33.5. The van der Waals surface area contributed by atoms with E-state index in [1.165, 1.54) is 6.20 Å². The smallest absolute Gasteiger partial charge is 0.407 e. The van der Waals surface area contributed by atoms with Crippen LogP contribution in [-0.4, -0.2) is 54.8 Å². The number of rotatable bonds is 9. The second-order valence-corrected chi connectivity index (χ2v) is 13.0.